The van der Waals surface area contributed by atoms with Crippen LogP contribution >= 0.6 is 0 Å². The molecule has 1 unspecified atom stereocenters. The Labute approximate surface area is 265 Å². The van der Waals surface area contributed by atoms with Gasteiger partial charge in [0.2, 0.25) is 0 Å². The maximum atomic E-state index is 14.6. The summed E-state index contributed by atoms with van der Waals surface area (Å²) in [6, 6.07) is 4.21. The fraction of sp³-hybridized carbons (Fsp3) is 0.576. The van der Waals surface area contributed by atoms with Crippen molar-refractivity contribution in [3.05, 3.63) is 46.3 Å². The van der Waals surface area contributed by atoms with Crippen LogP contribution in [0, 0.1) is 17.3 Å². The number of anilines is 1. The number of likely N-dealkylation sites (tertiary alicyclic amines) is 1. The highest BCUT2D eigenvalue weighted by Crippen LogP contribution is 2.46. The Morgan fingerprint density at radius 3 is 2.24 bits per heavy atom. The first-order valence-corrected chi connectivity index (χ1v) is 15.5. The Morgan fingerprint density at radius 1 is 1.07 bits per heavy atom. The van der Waals surface area contributed by atoms with E-state index in [0.717, 1.165) is 4.57 Å². The van der Waals surface area contributed by atoms with E-state index < -0.39 is 51.7 Å². The van der Waals surface area contributed by atoms with Gasteiger partial charge >= 0.3 is 18.2 Å². The Bertz CT molecular complexity index is 1570. The zero-order valence-corrected chi connectivity index (χ0v) is 27.0. The van der Waals surface area contributed by atoms with Crippen molar-refractivity contribution in [2.45, 2.75) is 85.0 Å². The van der Waals surface area contributed by atoms with E-state index >= 15 is 0 Å². The van der Waals surface area contributed by atoms with Crippen LogP contribution in [0.15, 0.2) is 18.2 Å². The molecule has 1 aromatic heterocycles. The second-order valence-electron chi connectivity index (χ2n) is 14.4. The molecule has 46 heavy (non-hydrogen) atoms. The number of nitrogens with one attached hydrogen (secondary N) is 1. The van der Waals surface area contributed by atoms with Gasteiger partial charge in [-0.25, -0.2) is 9.59 Å². The molecule has 3 atom stereocenters. The molecule has 2 amide bonds. The molecule has 0 radical (unpaired) electrons. The lowest BCUT2D eigenvalue weighted by molar-refractivity contribution is -0.138. The van der Waals surface area contributed by atoms with Crippen molar-refractivity contribution < 1.29 is 41.8 Å². The number of carbonyl (C=O) groups excluding carboxylic acids is 4. The molecule has 5 rings (SSSR count). The molecule has 1 aliphatic heterocycles. The number of nitrogens with zero attached hydrogens (tertiary/aromatic N) is 2. The van der Waals surface area contributed by atoms with Gasteiger partial charge in [-0.1, -0.05) is 13.8 Å². The van der Waals surface area contributed by atoms with Crippen LogP contribution in [0.4, 0.5) is 23.7 Å². The lowest BCUT2D eigenvalue weighted by Crippen LogP contribution is -2.36. The zero-order valence-electron chi connectivity index (χ0n) is 27.0. The molecule has 2 aromatic rings. The molecular formula is C33H41F3N4O6. The summed E-state index contributed by atoms with van der Waals surface area (Å²) in [6.07, 6.45) is -4.03. The number of Topliss-reactive ketones (excluding diaryl/α,β-unsaturated/α-hetero) is 1. The molecule has 0 spiro atoms. The van der Waals surface area contributed by atoms with E-state index in [4.69, 9.17) is 15.2 Å². The third-order valence-corrected chi connectivity index (χ3v) is 8.87. The number of aromatic nitrogens is 1. The third kappa shape index (κ3) is 6.46. The number of alkyl halides is 3. The highest BCUT2D eigenvalue weighted by atomic mass is 19.4. The molecule has 250 valence electrons. The molecule has 2 aliphatic carbocycles. The number of carbonyl (C=O) groups is 4. The highest BCUT2D eigenvalue weighted by molar-refractivity contribution is 6.05. The van der Waals surface area contributed by atoms with E-state index in [1.807, 2.05) is 20.8 Å². The number of amides is 2. The number of primary amides is 1. The van der Waals surface area contributed by atoms with Gasteiger partial charge in [-0.05, 0) is 82.4 Å². The molecule has 10 nitrogen and oxygen atoms in total. The molecule has 1 saturated heterocycles. The summed E-state index contributed by atoms with van der Waals surface area (Å²) in [7, 11) is 0. The van der Waals surface area contributed by atoms with Crippen LogP contribution in [0.5, 0.6) is 0 Å². The van der Waals surface area contributed by atoms with Crippen molar-refractivity contribution in [1.82, 2.24) is 9.47 Å². The van der Waals surface area contributed by atoms with Crippen molar-refractivity contribution in [3.63, 3.8) is 0 Å². The summed E-state index contributed by atoms with van der Waals surface area (Å²) in [5, 5.41) is 3.37. The lowest BCUT2D eigenvalue weighted by atomic mass is 9.75. The van der Waals surface area contributed by atoms with Gasteiger partial charge < -0.3 is 30.0 Å². The Hall–Kier alpha value is -4.03. The van der Waals surface area contributed by atoms with Crippen molar-refractivity contribution in [2.75, 3.05) is 25.0 Å². The Kier molecular flexibility index (Phi) is 8.44. The predicted molar refractivity (Wildman–Crippen MR) is 163 cm³/mol. The van der Waals surface area contributed by atoms with Gasteiger partial charge in [0, 0.05) is 42.6 Å². The van der Waals surface area contributed by atoms with Crippen LogP contribution in [-0.2, 0) is 22.1 Å². The van der Waals surface area contributed by atoms with Gasteiger partial charge in [-0.3, -0.25) is 9.59 Å². The highest BCUT2D eigenvalue weighted by Gasteiger charge is 2.49. The summed E-state index contributed by atoms with van der Waals surface area (Å²) < 4.78 is 55.7. The van der Waals surface area contributed by atoms with Crippen molar-refractivity contribution in [3.8, 4) is 5.69 Å². The molecule has 13 heteroatoms. The van der Waals surface area contributed by atoms with Gasteiger partial charge in [0.1, 0.15) is 11.3 Å². The molecule has 1 saturated carbocycles. The monoisotopic (exact) mass is 646 g/mol. The van der Waals surface area contributed by atoms with Crippen LogP contribution in [0.2, 0.25) is 0 Å². The smallest absolute Gasteiger partial charge is 0.419 e. The normalized spacial score (nSPS) is 22.3. The minimum Gasteiger partial charge on any atom is -0.461 e. The number of benzene rings is 1. The molecule has 0 bridgehead atoms. The minimum absolute atomic E-state index is 0.0621. The molecular weight excluding hydrogens is 605 g/mol. The SMILES string of the molecule is CCOC(=O)c1c(C(F)(F)F)c2c(n1-c1ccc(C(N)=O)c(NC3C[C@@H]4CN(C(=O)OC(C)(C)C)C[C@@H]4C3)c1)CC(C)(C)CC2=O. The summed E-state index contributed by atoms with van der Waals surface area (Å²) in [6.45, 7) is 11.4. The quantitative estimate of drug-likeness (QED) is 0.369. The van der Waals surface area contributed by atoms with E-state index in [9.17, 15) is 32.3 Å². The van der Waals surface area contributed by atoms with Crippen LogP contribution < -0.4 is 11.1 Å². The Morgan fingerprint density at radius 2 is 1.70 bits per heavy atom. The van der Waals surface area contributed by atoms with Crippen LogP contribution in [0.3, 0.4) is 0 Å². The van der Waals surface area contributed by atoms with Gasteiger partial charge in [0.05, 0.1) is 23.3 Å². The zero-order chi connectivity index (χ0) is 33.9. The number of ketones is 1. The standard InChI is InChI=1S/C33H41F3N4O6/c1-7-45-29(43)27-26(33(34,35)36)25-23(13-32(5,6)14-24(25)41)40(27)20-8-9-21(28(37)42)22(12-20)38-19-10-17-15-39(16-18(17)11-19)30(44)46-31(2,3)4/h8-9,12,17-19,38H,7,10-11,13-16H2,1-6H3,(H2,37,42)/t17-,18+,19?. The minimum atomic E-state index is -5.02. The number of hydrogen-bond acceptors (Lipinski definition) is 7. The van der Waals surface area contributed by atoms with Crippen molar-refractivity contribution in [1.29, 1.82) is 0 Å². The number of halogens is 3. The van der Waals surface area contributed by atoms with Crippen LogP contribution in [-0.4, -0.2) is 64.6 Å². The van der Waals surface area contributed by atoms with Gasteiger partial charge in [-0.15, -0.1) is 0 Å². The van der Waals surface area contributed by atoms with Crippen molar-refractivity contribution in [2.24, 2.45) is 23.0 Å². The number of fused-ring (bicyclic) bond motifs is 2. The van der Waals surface area contributed by atoms with Gasteiger partial charge in [-0.2, -0.15) is 13.2 Å². The second kappa shape index (κ2) is 11.6. The first-order valence-electron chi connectivity index (χ1n) is 15.5. The maximum absolute atomic E-state index is 14.6. The number of rotatable bonds is 6. The lowest BCUT2D eigenvalue weighted by Gasteiger charge is -2.30. The van der Waals surface area contributed by atoms with Gasteiger partial charge in [0.25, 0.3) is 5.91 Å². The fourth-order valence-electron chi connectivity index (χ4n) is 7.20. The molecule has 3 N–H and O–H groups in total. The molecule has 2 heterocycles. The molecule has 1 aromatic carbocycles. The Balaban J connectivity index is 1.53. The number of hydrogen-bond donors (Lipinski definition) is 2. The molecule has 3 aliphatic rings. The fourth-order valence-corrected chi connectivity index (χ4v) is 7.20. The summed E-state index contributed by atoms with van der Waals surface area (Å²) >= 11 is 0. The summed E-state index contributed by atoms with van der Waals surface area (Å²) in [5.74, 6) is -2.26. The third-order valence-electron chi connectivity index (χ3n) is 8.87. The van der Waals surface area contributed by atoms with E-state index in [2.05, 4.69) is 5.32 Å². The van der Waals surface area contributed by atoms with Gasteiger partial charge in [0.15, 0.2) is 5.78 Å². The summed E-state index contributed by atoms with van der Waals surface area (Å²) in [5.41, 5.74) is 2.45. The number of ether oxygens (including phenoxy) is 2. The van der Waals surface area contributed by atoms with Crippen LogP contribution in [0.1, 0.15) is 103 Å². The number of nitrogens with two attached hydrogens (primary N) is 1. The second-order valence-corrected chi connectivity index (χ2v) is 14.4. The van der Waals surface area contributed by atoms with E-state index in [-0.39, 0.29) is 60.4 Å². The van der Waals surface area contributed by atoms with E-state index in [1.165, 1.54) is 25.1 Å². The predicted octanol–water partition coefficient (Wildman–Crippen LogP) is 5.98. The first-order chi connectivity index (χ1) is 21.3. The average molecular weight is 647 g/mol. The topological polar surface area (TPSA) is 133 Å². The van der Waals surface area contributed by atoms with Crippen LogP contribution in [0.25, 0.3) is 5.69 Å². The maximum Gasteiger partial charge on any atom is 0.419 e. The molecule has 2 fully saturated rings. The van der Waals surface area contributed by atoms with E-state index in [1.54, 1.807) is 18.7 Å². The van der Waals surface area contributed by atoms with E-state index in [0.29, 0.717) is 31.6 Å². The largest absolute Gasteiger partial charge is 0.461 e. The average Bonchev–Trinajstić information content (AvgIpc) is 3.56. The first kappa shape index (κ1) is 33.3. The van der Waals surface area contributed by atoms with Crippen molar-refractivity contribution >= 4 is 29.4 Å². The summed E-state index contributed by atoms with van der Waals surface area (Å²) in [4.78, 5) is 53.3. The number of esters is 1.